The number of nitrogens with zero attached hydrogens (tertiary/aromatic N) is 1. The first-order valence-corrected chi connectivity index (χ1v) is 8.53. The molecule has 1 atom stereocenters. The molecule has 20 heavy (non-hydrogen) atoms. The quantitative estimate of drug-likeness (QED) is 0.781. The zero-order valence-electron chi connectivity index (χ0n) is 12.1. The van der Waals surface area contributed by atoms with E-state index in [1.165, 1.54) is 25.5 Å². The second-order valence-electron chi connectivity index (χ2n) is 5.97. The van der Waals surface area contributed by atoms with Crippen molar-refractivity contribution in [2.24, 2.45) is 5.41 Å². The van der Waals surface area contributed by atoms with Crippen LogP contribution in [-0.2, 0) is 10.0 Å². The molecule has 0 bridgehead atoms. The van der Waals surface area contributed by atoms with Crippen LogP contribution in [0.1, 0.15) is 33.1 Å². The first kappa shape index (κ1) is 15.4. The maximum atomic E-state index is 12.0. The first-order chi connectivity index (χ1) is 9.42. The van der Waals surface area contributed by atoms with Crippen molar-refractivity contribution in [3.8, 4) is 0 Å². The highest BCUT2D eigenvalue weighted by molar-refractivity contribution is 7.89. The minimum absolute atomic E-state index is 0.209. The third-order valence-corrected chi connectivity index (χ3v) is 5.46. The van der Waals surface area contributed by atoms with Gasteiger partial charge in [0, 0.05) is 31.5 Å². The van der Waals surface area contributed by atoms with Crippen molar-refractivity contribution in [2.75, 3.05) is 13.1 Å². The second-order valence-corrected chi connectivity index (χ2v) is 7.74. The summed E-state index contributed by atoms with van der Waals surface area (Å²) in [5, 5.41) is 3.45. The van der Waals surface area contributed by atoms with Gasteiger partial charge in [0.15, 0.2) is 0 Å². The molecule has 0 aromatic carbocycles. The Balaban J connectivity index is 1.79. The molecule has 0 aliphatic heterocycles. The van der Waals surface area contributed by atoms with Crippen molar-refractivity contribution in [2.45, 2.75) is 44.0 Å². The van der Waals surface area contributed by atoms with Gasteiger partial charge in [0.1, 0.15) is 4.90 Å². The van der Waals surface area contributed by atoms with E-state index in [1.54, 1.807) is 18.3 Å². The van der Waals surface area contributed by atoms with E-state index >= 15 is 0 Å². The summed E-state index contributed by atoms with van der Waals surface area (Å²) in [7, 11) is -3.44. The van der Waals surface area contributed by atoms with Gasteiger partial charge >= 0.3 is 0 Å². The monoisotopic (exact) mass is 297 g/mol. The Bertz CT molecular complexity index is 529. The fourth-order valence-electron chi connectivity index (χ4n) is 2.73. The Morgan fingerprint density at radius 1 is 1.40 bits per heavy atom. The summed E-state index contributed by atoms with van der Waals surface area (Å²) in [6, 6.07) is 3.64. The molecule has 6 heteroatoms. The molecule has 2 rings (SSSR count). The lowest BCUT2D eigenvalue weighted by Crippen LogP contribution is -2.41. The van der Waals surface area contributed by atoms with Crippen LogP contribution in [0, 0.1) is 5.41 Å². The summed E-state index contributed by atoms with van der Waals surface area (Å²) in [6.07, 6.45) is 6.55. The lowest BCUT2D eigenvalue weighted by molar-refractivity contribution is 0.285. The summed E-state index contributed by atoms with van der Waals surface area (Å²) >= 11 is 0. The number of hydrogen-bond donors (Lipinski definition) is 2. The van der Waals surface area contributed by atoms with Crippen LogP contribution in [0.25, 0.3) is 0 Å². The van der Waals surface area contributed by atoms with Crippen molar-refractivity contribution in [3.05, 3.63) is 24.5 Å². The van der Waals surface area contributed by atoms with Crippen LogP contribution in [0.15, 0.2) is 29.4 Å². The van der Waals surface area contributed by atoms with Crippen molar-refractivity contribution in [1.82, 2.24) is 15.0 Å². The Labute approximate surface area is 121 Å². The Hall–Kier alpha value is -0.980. The van der Waals surface area contributed by atoms with E-state index in [4.69, 9.17) is 0 Å². The largest absolute Gasteiger partial charge is 0.312 e. The molecule has 5 nitrogen and oxygen atoms in total. The molecule has 112 valence electrons. The lowest BCUT2D eigenvalue weighted by Gasteiger charge is -2.28. The summed E-state index contributed by atoms with van der Waals surface area (Å²) in [4.78, 5) is 4.04. The molecule has 0 saturated heterocycles. The van der Waals surface area contributed by atoms with E-state index in [-0.39, 0.29) is 4.90 Å². The molecule has 1 unspecified atom stereocenters. The van der Waals surface area contributed by atoms with Crippen molar-refractivity contribution in [3.63, 3.8) is 0 Å². The van der Waals surface area contributed by atoms with E-state index in [0.717, 1.165) is 0 Å². The third-order valence-electron chi connectivity index (χ3n) is 4.01. The first-order valence-electron chi connectivity index (χ1n) is 7.05. The topological polar surface area (TPSA) is 71.1 Å². The third kappa shape index (κ3) is 3.77. The van der Waals surface area contributed by atoms with Crippen LogP contribution in [0.2, 0.25) is 0 Å². The molecule has 1 aromatic rings. The van der Waals surface area contributed by atoms with Crippen molar-refractivity contribution < 1.29 is 8.42 Å². The highest BCUT2D eigenvalue weighted by Gasteiger charge is 2.33. The molecule has 0 radical (unpaired) electrons. The molecule has 1 aliphatic rings. The van der Waals surface area contributed by atoms with Crippen molar-refractivity contribution in [1.29, 1.82) is 0 Å². The van der Waals surface area contributed by atoms with E-state index in [1.807, 2.05) is 0 Å². The van der Waals surface area contributed by atoms with E-state index in [2.05, 4.69) is 28.9 Å². The minimum atomic E-state index is -3.44. The van der Waals surface area contributed by atoms with E-state index in [0.29, 0.717) is 24.5 Å². The Morgan fingerprint density at radius 3 is 2.80 bits per heavy atom. The lowest BCUT2D eigenvalue weighted by atomic mass is 9.87. The predicted octanol–water partition coefficient (Wildman–Crippen LogP) is 1.53. The van der Waals surface area contributed by atoms with Crippen LogP contribution in [0.3, 0.4) is 0 Å². The molecule has 1 heterocycles. The van der Waals surface area contributed by atoms with Gasteiger partial charge in [-0.3, -0.25) is 4.98 Å². The van der Waals surface area contributed by atoms with Crippen molar-refractivity contribution >= 4 is 10.0 Å². The van der Waals surface area contributed by atoms with Gasteiger partial charge in [-0.15, -0.1) is 0 Å². The average molecular weight is 297 g/mol. The van der Waals surface area contributed by atoms with Gasteiger partial charge in [-0.2, -0.15) is 0 Å². The molecule has 1 saturated carbocycles. The van der Waals surface area contributed by atoms with Gasteiger partial charge in [-0.05, 0) is 30.4 Å². The van der Waals surface area contributed by atoms with Crippen LogP contribution >= 0.6 is 0 Å². The van der Waals surface area contributed by atoms with Gasteiger partial charge in [0.05, 0.1) is 0 Å². The van der Waals surface area contributed by atoms with Gasteiger partial charge < -0.3 is 5.32 Å². The number of rotatable bonds is 6. The molecular weight excluding hydrogens is 274 g/mol. The molecule has 2 N–H and O–H groups in total. The van der Waals surface area contributed by atoms with Gasteiger partial charge in [-0.25, -0.2) is 13.1 Å². The van der Waals surface area contributed by atoms with Crippen LogP contribution < -0.4 is 10.0 Å². The smallest absolute Gasteiger partial charge is 0.242 e. The SMILES string of the molecule is CC1(C)CCCC1NCCNS(=O)(=O)c1cccnc1. The number of pyridine rings is 1. The van der Waals surface area contributed by atoms with Crippen LogP contribution in [0.5, 0.6) is 0 Å². The maximum Gasteiger partial charge on any atom is 0.242 e. The molecule has 0 spiro atoms. The van der Waals surface area contributed by atoms with Crippen LogP contribution in [0.4, 0.5) is 0 Å². The zero-order chi connectivity index (χ0) is 14.6. The highest BCUT2D eigenvalue weighted by Crippen LogP contribution is 2.36. The highest BCUT2D eigenvalue weighted by atomic mass is 32.2. The Morgan fingerprint density at radius 2 is 2.20 bits per heavy atom. The summed E-state index contributed by atoms with van der Waals surface area (Å²) in [5.41, 5.74) is 0.308. The normalized spacial score (nSPS) is 22.0. The van der Waals surface area contributed by atoms with Crippen LogP contribution in [-0.4, -0.2) is 32.5 Å². The number of nitrogens with one attached hydrogen (secondary N) is 2. The minimum Gasteiger partial charge on any atom is -0.312 e. The summed E-state index contributed by atoms with van der Waals surface area (Å²) < 4.78 is 26.5. The zero-order valence-corrected chi connectivity index (χ0v) is 12.9. The summed E-state index contributed by atoms with van der Waals surface area (Å²) in [6.45, 7) is 5.56. The fourth-order valence-corrected chi connectivity index (χ4v) is 3.72. The average Bonchev–Trinajstić information content (AvgIpc) is 2.75. The molecular formula is C14H23N3O2S. The number of hydrogen-bond acceptors (Lipinski definition) is 4. The molecule has 1 fully saturated rings. The predicted molar refractivity (Wildman–Crippen MR) is 78.8 cm³/mol. The summed E-state index contributed by atoms with van der Waals surface area (Å²) in [5.74, 6) is 0. The molecule has 1 aromatic heterocycles. The van der Waals surface area contributed by atoms with E-state index in [9.17, 15) is 8.42 Å². The van der Waals surface area contributed by atoms with Gasteiger partial charge in [0.25, 0.3) is 0 Å². The molecule has 1 aliphatic carbocycles. The second kappa shape index (κ2) is 6.20. The standard InChI is InChI=1S/C14H23N3O2S/c1-14(2)7-3-6-13(14)16-9-10-17-20(18,19)12-5-4-8-15-11-12/h4-5,8,11,13,16-17H,3,6-7,9-10H2,1-2H3. The number of sulfonamides is 1. The van der Waals surface area contributed by atoms with Gasteiger partial charge in [-0.1, -0.05) is 20.3 Å². The van der Waals surface area contributed by atoms with Gasteiger partial charge in [0.2, 0.25) is 10.0 Å². The fraction of sp³-hybridized carbons (Fsp3) is 0.643. The molecule has 0 amide bonds. The van der Waals surface area contributed by atoms with E-state index < -0.39 is 10.0 Å². The number of aromatic nitrogens is 1. The Kier molecular flexibility index (Phi) is 4.78. The maximum absolute atomic E-state index is 12.0.